The summed E-state index contributed by atoms with van der Waals surface area (Å²) in [6.07, 6.45) is 4.24. The lowest BCUT2D eigenvalue weighted by Gasteiger charge is -2.20. The summed E-state index contributed by atoms with van der Waals surface area (Å²) in [5, 5.41) is 0. The van der Waals surface area contributed by atoms with Crippen LogP contribution in [0, 0.1) is 5.82 Å². The molecule has 1 heterocycles. The number of nitrogens with two attached hydrogens (primary N) is 1. The Labute approximate surface area is 217 Å². The van der Waals surface area contributed by atoms with Crippen LogP contribution in [0.4, 0.5) is 14.5 Å². The first kappa shape index (κ1) is 25.3. The fourth-order valence-corrected chi connectivity index (χ4v) is 5.63. The summed E-state index contributed by atoms with van der Waals surface area (Å²) in [7, 11) is 1.52. The van der Waals surface area contributed by atoms with Crippen LogP contribution in [0.25, 0.3) is 11.1 Å². The molecule has 2 N–H and O–H groups in total. The molecule has 194 valence electrons. The molecule has 0 bridgehead atoms. The first-order chi connectivity index (χ1) is 18.1. The molecule has 37 heavy (non-hydrogen) atoms. The Hall–Kier alpha value is -3.38. The highest BCUT2D eigenvalue weighted by atomic mass is 19.1. The van der Waals surface area contributed by atoms with Gasteiger partial charge in [0, 0.05) is 30.9 Å². The molecule has 0 radical (unpaired) electrons. The number of rotatable bonds is 8. The van der Waals surface area contributed by atoms with E-state index in [-0.39, 0.29) is 24.3 Å². The number of methoxy groups -OCH3 is 1. The second-order valence-corrected chi connectivity index (χ2v) is 9.84. The summed E-state index contributed by atoms with van der Waals surface area (Å²) in [6, 6.07) is 19.3. The van der Waals surface area contributed by atoms with Crippen LogP contribution >= 0.6 is 0 Å². The van der Waals surface area contributed by atoms with Gasteiger partial charge in [-0.25, -0.2) is 4.39 Å². The molecular formula is C31H34F2N2O2. The Balaban J connectivity index is 1.51. The second-order valence-electron chi connectivity index (χ2n) is 9.84. The molecule has 0 saturated carbocycles. The van der Waals surface area contributed by atoms with Gasteiger partial charge in [-0.3, -0.25) is 9.29 Å². The molecule has 2 aliphatic rings. The standard InChI is InChI=1S/C31H34F2N2O2/c1-36-31-28(7-3-8-29(31)33)27-6-2-5-22-19-23(34)11-14-26(22)30(27)21-9-12-24(13-10-21)37-25-15-18-35(20-25)17-4-16-32/h3,7-14,19,25H,2,4-6,15-18,20,34H2,1H3. The average Bonchev–Trinajstić information content (AvgIpc) is 3.26. The van der Waals surface area contributed by atoms with E-state index in [1.807, 2.05) is 30.3 Å². The number of hydrogen-bond donors (Lipinski definition) is 1. The van der Waals surface area contributed by atoms with Gasteiger partial charge in [-0.15, -0.1) is 0 Å². The summed E-state index contributed by atoms with van der Waals surface area (Å²) in [6.45, 7) is 2.26. The molecular weight excluding hydrogens is 470 g/mol. The number of alkyl halides is 1. The molecule has 3 aromatic rings. The van der Waals surface area contributed by atoms with E-state index in [0.717, 1.165) is 84.6 Å². The zero-order valence-electron chi connectivity index (χ0n) is 21.3. The molecule has 1 unspecified atom stereocenters. The van der Waals surface area contributed by atoms with Gasteiger partial charge in [-0.05, 0) is 90.3 Å². The number of anilines is 1. The number of likely N-dealkylation sites (tertiary alicyclic amines) is 1. The minimum Gasteiger partial charge on any atom is -0.493 e. The summed E-state index contributed by atoms with van der Waals surface area (Å²) in [5.41, 5.74) is 13.1. The number of allylic oxidation sites excluding steroid dienone is 1. The molecule has 1 fully saturated rings. The highest BCUT2D eigenvalue weighted by Gasteiger charge is 2.25. The van der Waals surface area contributed by atoms with Crippen molar-refractivity contribution in [3.8, 4) is 11.5 Å². The highest BCUT2D eigenvalue weighted by Crippen LogP contribution is 2.43. The minimum absolute atomic E-state index is 0.110. The number of fused-ring (bicyclic) bond motifs is 1. The molecule has 1 atom stereocenters. The zero-order chi connectivity index (χ0) is 25.8. The smallest absolute Gasteiger partial charge is 0.165 e. The van der Waals surface area contributed by atoms with E-state index >= 15 is 0 Å². The summed E-state index contributed by atoms with van der Waals surface area (Å²) in [5.74, 6) is 0.722. The van der Waals surface area contributed by atoms with Gasteiger partial charge in [-0.1, -0.05) is 30.3 Å². The summed E-state index contributed by atoms with van der Waals surface area (Å²) < 4.78 is 39.0. The van der Waals surface area contributed by atoms with Crippen LogP contribution in [0.5, 0.6) is 11.5 Å². The molecule has 5 rings (SSSR count). The van der Waals surface area contributed by atoms with Gasteiger partial charge in [0.05, 0.1) is 13.8 Å². The molecule has 6 heteroatoms. The Morgan fingerprint density at radius 1 is 1.03 bits per heavy atom. The van der Waals surface area contributed by atoms with Gasteiger partial charge in [0.1, 0.15) is 11.9 Å². The van der Waals surface area contributed by atoms with Crippen molar-refractivity contribution < 1.29 is 18.3 Å². The summed E-state index contributed by atoms with van der Waals surface area (Å²) in [4.78, 5) is 2.26. The molecule has 1 aliphatic carbocycles. The van der Waals surface area contributed by atoms with E-state index in [0.29, 0.717) is 6.42 Å². The van der Waals surface area contributed by atoms with Crippen LogP contribution in [0.3, 0.4) is 0 Å². The first-order valence-electron chi connectivity index (χ1n) is 13.1. The predicted octanol–water partition coefficient (Wildman–Crippen LogP) is 6.52. The van der Waals surface area contributed by atoms with Crippen LogP contribution < -0.4 is 15.2 Å². The van der Waals surface area contributed by atoms with Gasteiger partial charge in [0.25, 0.3) is 0 Å². The number of halogens is 2. The SMILES string of the molecule is COc1c(F)cccc1C1=C(c2ccc(OC3CCN(CCCF)C3)cc2)c2ccc(N)cc2CCC1. The van der Waals surface area contributed by atoms with Crippen LogP contribution in [0.1, 0.15) is 47.9 Å². The van der Waals surface area contributed by atoms with Crippen molar-refractivity contribution in [3.63, 3.8) is 0 Å². The average molecular weight is 505 g/mol. The van der Waals surface area contributed by atoms with E-state index in [1.54, 1.807) is 6.07 Å². The maximum absolute atomic E-state index is 14.7. The Morgan fingerprint density at radius 2 is 1.86 bits per heavy atom. The number of nitrogen functional groups attached to an aromatic ring is 1. The highest BCUT2D eigenvalue weighted by molar-refractivity contribution is 6.01. The zero-order valence-corrected chi connectivity index (χ0v) is 21.3. The van der Waals surface area contributed by atoms with Crippen LogP contribution in [-0.2, 0) is 6.42 Å². The lowest BCUT2D eigenvalue weighted by atomic mass is 9.87. The van der Waals surface area contributed by atoms with Crippen molar-refractivity contribution in [2.45, 2.75) is 38.2 Å². The fraction of sp³-hybridized carbons (Fsp3) is 0.355. The molecule has 1 aliphatic heterocycles. The quantitative estimate of drug-likeness (QED) is 0.355. The van der Waals surface area contributed by atoms with Crippen LogP contribution in [-0.4, -0.2) is 44.4 Å². The Kier molecular flexibility index (Phi) is 7.75. The largest absolute Gasteiger partial charge is 0.493 e. The lowest BCUT2D eigenvalue weighted by molar-refractivity contribution is 0.198. The van der Waals surface area contributed by atoms with E-state index in [1.165, 1.54) is 18.7 Å². The monoisotopic (exact) mass is 504 g/mol. The van der Waals surface area contributed by atoms with Crippen molar-refractivity contribution in [2.75, 3.05) is 39.2 Å². The third kappa shape index (κ3) is 5.49. The second kappa shape index (κ2) is 11.3. The maximum Gasteiger partial charge on any atom is 0.165 e. The van der Waals surface area contributed by atoms with Gasteiger partial charge in [0.15, 0.2) is 11.6 Å². The van der Waals surface area contributed by atoms with Gasteiger partial charge < -0.3 is 15.2 Å². The molecule has 4 nitrogen and oxygen atoms in total. The van der Waals surface area contributed by atoms with Crippen molar-refractivity contribution >= 4 is 16.8 Å². The Bertz CT molecular complexity index is 1270. The number of para-hydroxylation sites is 1. The minimum atomic E-state index is -0.366. The van der Waals surface area contributed by atoms with E-state index in [4.69, 9.17) is 15.2 Å². The molecule has 0 amide bonds. The third-order valence-corrected chi connectivity index (χ3v) is 7.35. The van der Waals surface area contributed by atoms with E-state index in [9.17, 15) is 8.78 Å². The van der Waals surface area contributed by atoms with Crippen LogP contribution in [0.2, 0.25) is 0 Å². The van der Waals surface area contributed by atoms with Gasteiger partial charge in [0.2, 0.25) is 0 Å². The van der Waals surface area contributed by atoms with Crippen molar-refractivity contribution in [2.24, 2.45) is 0 Å². The first-order valence-corrected chi connectivity index (χ1v) is 13.1. The number of ether oxygens (including phenoxy) is 2. The Morgan fingerprint density at radius 3 is 2.65 bits per heavy atom. The molecule has 0 spiro atoms. The summed E-state index contributed by atoms with van der Waals surface area (Å²) >= 11 is 0. The van der Waals surface area contributed by atoms with Crippen LogP contribution in [0.15, 0.2) is 60.7 Å². The van der Waals surface area contributed by atoms with E-state index < -0.39 is 0 Å². The number of benzene rings is 3. The molecule has 0 aromatic heterocycles. The molecule has 3 aromatic carbocycles. The third-order valence-electron chi connectivity index (χ3n) is 7.35. The van der Waals surface area contributed by atoms with E-state index in [2.05, 4.69) is 23.1 Å². The normalized spacial score (nSPS) is 18.0. The van der Waals surface area contributed by atoms with Gasteiger partial charge >= 0.3 is 0 Å². The number of nitrogens with zero attached hydrogens (tertiary/aromatic N) is 1. The topological polar surface area (TPSA) is 47.7 Å². The maximum atomic E-state index is 14.7. The lowest BCUT2D eigenvalue weighted by Crippen LogP contribution is -2.26. The van der Waals surface area contributed by atoms with Crippen molar-refractivity contribution in [1.82, 2.24) is 4.90 Å². The molecule has 1 saturated heterocycles. The van der Waals surface area contributed by atoms with Gasteiger partial charge in [-0.2, -0.15) is 0 Å². The number of aryl methyl sites for hydroxylation is 1. The predicted molar refractivity (Wildman–Crippen MR) is 145 cm³/mol. The fourth-order valence-electron chi connectivity index (χ4n) is 5.63. The van der Waals surface area contributed by atoms with Crippen molar-refractivity contribution in [1.29, 1.82) is 0 Å². The van der Waals surface area contributed by atoms with Crippen molar-refractivity contribution in [3.05, 3.63) is 88.7 Å². The number of hydrogen-bond acceptors (Lipinski definition) is 4.